The van der Waals surface area contributed by atoms with E-state index in [4.69, 9.17) is 4.74 Å². The number of carbonyl (C=O) groups excluding carboxylic acids is 2. The molecule has 7 heteroatoms. The third kappa shape index (κ3) is 6.29. The largest absolute Gasteiger partial charge is 0.457 e. The number of allylic oxidation sites excluding steroid dienone is 1. The predicted octanol–water partition coefficient (Wildman–Crippen LogP) is 5.53. The molecular formula is C29H38ClN3O3. The number of nitrogens with zero attached hydrogens (tertiary/aromatic N) is 2. The van der Waals surface area contributed by atoms with Crippen molar-refractivity contribution in [2.24, 2.45) is 5.92 Å². The number of hydrogen-bond acceptors (Lipinski definition) is 4. The Balaban J connectivity index is 0.00000361. The van der Waals surface area contributed by atoms with Crippen molar-refractivity contribution in [2.75, 3.05) is 19.6 Å². The Morgan fingerprint density at radius 3 is 2.25 bits per heavy atom. The Hall–Kier alpha value is -2.83. The molecule has 0 unspecified atom stereocenters. The summed E-state index contributed by atoms with van der Waals surface area (Å²) in [6.45, 7) is 9.14. The molecule has 0 saturated carbocycles. The summed E-state index contributed by atoms with van der Waals surface area (Å²) >= 11 is 0. The first-order valence-electron chi connectivity index (χ1n) is 12.8. The monoisotopic (exact) mass is 511 g/mol. The van der Waals surface area contributed by atoms with E-state index in [2.05, 4.69) is 29.3 Å². The number of piperidine rings is 1. The van der Waals surface area contributed by atoms with Gasteiger partial charge in [-0.25, -0.2) is 0 Å². The lowest BCUT2D eigenvalue weighted by Gasteiger charge is -2.50. The van der Waals surface area contributed by atoms with Gasteiger partial charge in [-0.05, 0) is 55.0 Å². The molecule has 0 aromatic heterocycles. The predicted molar refractivity (Wildman–Crippen MR) is 145 cm³/mol. The maximum absolute atomic E-state index is 13.4. The van der Waals surface area contributed by atoms with Crippen LogP contribution in [0.25, 0.3) is 0 Å². The van der Waals surface area contributed by atoms with Gasteiger partial charge in [-0.15, -0.1) is 12.4 Å². The van der Waals surface area contributed by atoms with Crippen LogP contribution in [0.2, 0.25) is 0 Å². The molecule has 2 saturated heterocycles. The molecule has 2 heterocycles. The summed E-state index contributed by atoms with van der Waals surface area (Å²) in [5.74, 6) is 1.77. The molecule has 2 amide bonds. The fraction of sp³-hybridized carbons (Fsp3) is 0.448. The molecular weight excluding hydrogens is 474 g/mol. The molecule has 1 N–H and O–H groups in total. The summed E-state index contributed by atoms with van der Waals surface area (Å²) < 4.78 is 5.90. The lowest BCUT2D eigenvalue weighted by atomic mass is 9.82. The first-order valence-corrected chi connectivity index (χ1v) is 12.8. The number of benzene rings is 2. The highest BCUT2D eigenvalue weighted by atomic mass is 35.5. The summed E-state index contributed by atoms with van der Waals surface area (Å²) in [5, 5.41) is 2.95. The molecule has 0 radical (unpaired) electrons. The maximum Gasteiger partial charge on any atom is 0.270 e. The third-order valence-electron chi connectivity index (χ3n) is 6.89. The Bertz CT molecular complexity index is 1050. The minimum atomic E-state index is -0.746. The molecule has 36 heavy (non-hydrogen) atoms. The molecule has 0 bridgehead atoms. The van der Waals surface area contributed by atoms with Crippen LogP contribution in [0, 0.1) is 5.92 Å². The number of amides is 2. The van der Waals surface area contributed by atoms with Crippen molar-refractivity contribution in [1.82, 2.24) is 15.1 Å². The maximum atomic E-state index is 13.4. The molecule has 4 rings (SSSR count). The van der Waals surface area contributed by atoms with Crippen molar-refractivity contribution >= 4 is 24.2 Å². The van der Waals surface area contributed by atoms with Gasteiger partial charge >= 0.3 is 0 Å². The highest BCUT2D eigenvalue weighted by Gasteiger charge is 2.52. The number of ether oxygens (including phenoxy) is 1. The smallest absolute Gasteiger partial charge is 0.270 e. The molecule has 2 fully saturated rings. The minimum Gasteiger partial charge on any atom is -0.457 e. The van der Waals surface area contributed by atoms with Gasteiger partial charge in [0, 0.05) is 26.2 Å². The lowest BCUT2D eigenvalue weighted by molar-refractivity contribution is -0.154. The minimum absolute atomic E-state index is 0. The van der Waals surface area contributed by atoms with Gasteiger partial charge in [-0.2, -0.15) is 0 Å². The van der Waals surface area contributed by atoms with Gasteiger partial charge in [0.15, 0.2) is 0 Å². The standard InChI is InChI=1S/C29H37N3O3.ClH/c1-4-5-17-32-27(33)26(20-22(2)3)30-28(34)29(32)15-18-31(19-16-29)21-23-11-13-25(14-12-23)35-24-9-7-6-8-10-24;/h6-14,20,22H,4-5,15-19,21H2,1-3H3,(H,30,34);1H/b26-20-;. The van der Waals surface area contributed by atoms with Gasteiger partial charge in [-0.1, -0.05) is 63.6 Å². The average molecular weight is 512 g/mol. The zero-order valence-electron chi connectivity index (χ0n) is 21.5. The Morgan fingerprint density at radius 2 is 1.64 bits per heavy atom. The molecule has 0 atom stereocenters. The van der Waals surface area contributed by atoms with Crippen LogP contribution < -0.4 is 10.1 Å². The van der Waals surface area contributed by atoms with Crippen LogP contribution in [0.3, 0.4) is 0 Å². The third-order valence-corrected chi connectivity index (χ3v) is 6.89. The molecule has 2 aromatic rings. The number of piperazine rings is 1. The van der Waals surface area contributed by atoms with Crippen LogP contribution >= 0.6 is 12.4 Å². The van der Waals surface area contributed by atoms with Crippen molar-refractivity contribution < 1.29 is 14.3 Å². The van der Waals surface area contributed by atoms with Gasteiger partial charge in [0.25, 0.3) is 11.8 Å². The average Bonchev–Trinajstić information content (AvgIpc) is 2.85. The number of likely N-dealkylation sites (tertiary alicyclic amines) is 1. The van der Waals surface area contributed by atoms with Crippen LogP contribution in [-0.2, 0) is 16.1 Å². The topological polar surface area (TPSA) is 61.9 Å². The molecule has 2 aliphatic rings. The van der Waals surface area contributed by atoms with E-state index in [1.807, 2.05) is 67.3 Å². The highest BCUT2D eigenvalue weighted by molar-refractivity contribution is 6.06. The Kier molecular flexibility index (Phi) is 9.57. The quantitative estimate of drug-likeness (QED) is 0.473. The van der Waals surface area contributed by atoms with Crippen molar-refractivity contribution in [1.29, 1.82) is 0 Å². The summed E-state index contributed by atoms with van der Waals surface area (Å²) in [6.07, 6.45) is 5.06. The zero-order chi connectivity index (χ0) is 24.8. The van der Waals surface area contributed by atoms with Gasteiger partial charge in [-0.3, -0.25) is 14.5 Å². The van der Waals surface area contributed by atoms with Crippen molar-refractivity contribution in [3.8, 4) is 11.5 Å². The van der Waals surface area contributed by atoms with Crippen LogP contribution in [0.5, 0.6) is 11.5 Å². The lowest BCUT2D eigenvalue weighted by Crippen LogP contribution is -2.69. The Morgan fingerprint density at radius 1 is 1.00 bits per heavy atom. The summed E-state index contributed by atoms with van der Waals surface area (Å²) in [7, 11) is 0. The molecule has 0 aliphatic carbocycles. The van der Waals surface area contributed by atoms with Crippen LogP contribution in [0.15, 0.2) is 66.4 Å². The molecule has 194 valence electrons. The second-order valence-corrected chi connectivity index (χ2v) is 9.96. The van der Waals surface area contributed by atoms with Gasteiger partial charge in [0.2, 0.25) is 0 Å². The van der Waals surface area contributed by atoms with E-state index >= 15 is 0 Å². The van der Waals surface area contributed by atoms with E-state index in [-0.39, 0.29) is 30.1 Å². The number of halogens is 1. The van der Waals surface area contributed by atoms with E-state index in [1.165, 1.54) is 5.56 Å². The summed E-state index contributed by atoms with van der Waals surface area (Å²) in [6, 6.07) is 17.9. The molecule has 2 aromatic carbocycles. The molecule has 1 spiro atoms. The van der Waals surface area contributed by atoms with Crippen molar-refractivity contribution in [3.05, 3.63) is 71.9 Å². The van der Waals surface area contributed by atoms with Crippen LogP contribution in [-0.4, -0.2) is 46.8 Å². The fourth-order valence-electron chi connectivity index (χ4n) is 4.96. The van der Waals surface area contributed by atoms with Crippen molar-refractivity contribution in [2.45, 2.75) is 58.5 Å². The first-order chi connectivity index (χ1) is 16.9. The van der Waals surface area contributed by atoms with E-state index in [9.17, 15) is 9.59 Å². The number of para-hydroxylation sites is 1. The summed E-state index contributed by atoms with van der Waals surface area (Å²) in [4.78, 5) is 30.9. The van der Waals surface area contributed by atoms with Gasteiger partial charge < -0.3 is 15.0 Å². The zero-order valence-corrected chi connectivity index (χ0v) is 22.4. The fourth-order valence-corrected chi connectivity index (χ4v) is 4.96. The molecule has 2 aliphatic heterocycles. The van der Waals surface area contributed by atoms with E-state index in [0.717, 1.165) is 44.0 Å². The second kappa shape index (κ2) is 12.4. The van der Waals surface area contributed by atoms with Crippen molar-refractivity contribution in [3.63, 3.8) is 0 Å². The van der Waals surface area contributed by atoms with E-state index in [1.54, 1.807) is 0 Å². The summed E-state index contributed by atoms with van der Waals surface area (Å²) in [5.41, 5.74) is 0.896. The first kappa shape index (κ1) is 27.8. The SMILES string of the molecule is CCCCN1C(=O)/C(=C/C(C)C)NC(=O)C12CCN(Cc1ccc(Oc3ccccc3)cc1)CC2.Cl. The van der Waals surface area contributed by atoms with Crippen LogP contribution in [0.1, 0.15) is 52.0 Å². The van der Waals surface area contributed by atoms with Crippen LogP contribution in [0.4, 0.5) is 0 Å². The number of unbranched alkanes of at least 4 members (excludes halogenated alkanes) is 1. The Labute approximate surface area is 221 Å². The number of nitrogens with one attached hydrogen (secondary N) is 1. The molecule has 6 nitrogen and oxygen atoms in total. The number of hydrogen-bond donors (Lipinski definition) is 1. The number of rotatable bonds is 8. The van der Waals surface area contributed by atoms with E-state index in [0.29, 0.717) is 25.1 Å². The number of carbonyl (C=O) groups is 2. The van der Waals surface area contributed by atoms with Gasteiger partial charge in [0.05, 0.1) is 0 Å². The second-order valence-electron chi connectivity index (χ2n) is 9.96. The van der Waals surface area contributed by atoms with Gasteiger partial charge in [0.1, 0.15) is 22.7 Å². The normalized spacial score (nSPS) is 18.9. The van der Waals surface area contributed by atoms with E-state index < -0.39 is 5.54 Å². The highest BCUT2D eigenvalue weighted by Crippen LogP contribution is 2.35.